The van der Waals surface area contributed by atoms with Gasteiger partial charge in [-0.05, 0) is 31.5 Å². The summed E-state index contributed by atoms with van der Waals surface area (Å²) >= 11 is 0. The summed E-state index contributed by atoms with van der Waals surface area (Å²) in [4.78, 5) is 11.8. The average molecular weight is 280 g/mol. The van der Waals surface area contributed by atoms with Crippen LogP contribution in [0.3, 0.4) is 0 Å². The highest BCUT2D eigenvalue weighted by Crippen LogP contribution is 2.26. The Hall–Kier alpha value is -1.75. The number of methoxy groups -OCH3 is 1. The number of carbonyl (C=O) groups excluding carboxylic acids is 1. The second kappa shape index (κ2) is 8.43. The van der Waals surface area contributed by atoms with Crippen LogP contribution < -0.4 is 15.8 Å². The van der Waals surface area contributed by atoms with Crippen LogP contribution in [0.1, 0.15) is 33.1 Å². The Morgan fingerprint density at radius 3 is 2.85 bits per heavy atom. The van der Waals surface area contributed by atoms with Crippen molar-refractivity contribution in [1.29, 1.82) is 0 Å². The highest BCUT2D eigenvalue weighted by molar-refractivity contribution is 5.92. The van der Waals surface area contributed by atoms with Gasteiger partial charge in [-0.3, -0.25) is 4.79 Å². The third-order valence-electron chi connectivity index (χ3n) is 2.92. The van der Waals surface area contributed by atoms with Crippen LogP contribution in [-0.4, -0.2) is 25.7 Å². The van der Waals surface area contributed by atoms with Crippen molar-refractivity contribution in [2.45, 2.75) is 39.2 Å². The second-order valence-electron chi connectivity index (χ2n) is 4.73. The number of carbonyl (C=O) groups is 1. The van der Waals surface area contributed by atoms with Gasteiger partial charge in [0.2, 0.25) is 5.91 Å². The minimum Gasteiger partial charge on any atom is -0.495 e. The lowest BCUT2D eigenvalue weighted by Crippen LogP contribution is -2.17. The molecule has 1 unspecified atom stereocenters. The van der Waals surface area contributed by atoms with Gasteiger partial charge in [-0.2, -0.15) is 0 Å². The molecule has 0 aromatic heterocycles. The first kappa shape index (κ1) is 16.3. The molecule has 0 aliphatic rings. The zero-order chi connectivity index (χ0) is 15.0. The lowest BCUT2D eigenvalue weighted by atomic mass is 10.2. The van der Waals surface area contributed by atoms with Gasteiger partial charge in [-0.15, -0.1) is 0 Å². The molecule has 112 valence electrons. The van der Waals surface area contributed by atoms with E-state index in [9.17, 15) is 4.79 Å². The van der Waals surface area contributed by atoms with E-state index in [-0.39, 0.29) is 12.0 Å². The van der Waals surface area contributed by atoms with E-state index in [1.54, 1.807) is 25.3 Å². The molecule has 0 spiro atoms. The van der Waals surface area contributed by atoms with Crippen LogP contribution in [0.15, 0.2) is 18.2 Å². The molecule has 1 rings (SSSR count). The summed E-state index contributed by atoms with van der Waals surface area (Å²) in [6.07, 6.45) is 2.58. The minimum absolute atomic E-state index is 0.113. The van der Waals surface area contributed by atoms with Crippen LogP contribution in [0, 0.1) is 0 Å². The summed E-state index contributed by atoms with van der Waals surface area (Å²) < 4.78 is 10.7. The zero-order valence-corrected chi connectivity index (χ0v) is 12.4. The maximum Gasteiger partial charge on any atom is 0.226 e. The van der Waals surface area contributed by atoms with Crippen molar-refractivity contribution in [2.24, 2.45) is 0 Å². The molecule has 20 heavy (non-hydrogen) atoms. The molecule has 0 radical (unpaired) electrons. The summed E-state index contributed by atoms with van der Waals surface area (Å²) in [5.74, 6) is 0.477. The Bertz CT molecular complexity index is 435. The summed E-state index contributed by atoms with van der Waals surface area (Å²) in [5, 5.41) is 2.78. The number of benzene rings is 1. The lowest BCUT2D eigenvalue weighted by molar-refractivity contribution is -0.117. The van der Waals surface area contributed by atoms with Gasteiger partial charge in [0.25, 0.3) is 0 Å². The Labute approximate surface area is 120 Å². The van der Waals surface area contributed by atoms with E-state index in [1.807, 2.05) is 6.92 Å². The first-order valence-electron chi connectivity index (χ1n) is 6.91. The maximum atomic E-state index is 11.8. The molecule has 1 aromatic rings. The van der Waals surface area contributed by atoms with Crippen molar-refractivity contribution in [3.63, 3.8) is 0 Å². The number of ether oxygens (including phenoxy) is 2. The van der Waals surface area contributed by atoms with Crippen LogP contribution in [0.5, 0.6) is 5.75 Å². The fourth-order valence-electron chi connectivity index (χ4n) is 1.88. The number of nitrogens with two attached hydrogens (primary N) is 1. The molecule has 0 bridgehead atoms. The molecular weight excluding hydrogens is 256 g/mol. The summed E-state index contributed by atoms with van der Waals surface area (Å²) in [6, 6.07) is 5.13. The van der Waals surface area contributed by atoms with Crippen LogP contribution in [0.25, 0.3) is 0 Å². The Kier molecular flexibility index (Phi) is 6.87. The fourth-order valence-corrected chi connectivity index (χ4v) is 1.88. The molecular formula is C15H24N2O3. The number of nitrogen functional groups attached to an aromatic ring is 1. The van der Waals surface area contributed by atoms with Gasteiger partial charge >= 0.3 is 0 Å². The van der Waals surface area contributed by atoms with Crippen molar-refractivity contribution in [2.75, 3.05) is 24.8 Å². The van der Waals surface area contributed by atoms with Gasteiger partial charge < -0.3 is 20.5 Å². The molecule has 0 aliphatic heterocycles. The van der Waals surface area contributed by atoms with Gasteiger partial charge in [0.1, 0.15) is 5.75 Å². The molecule has 0 saturated heterocycles. The monoisotopic (exact) mass is 280 g/mol. The first-order chi connectivity index (χ1) is 9.56. The standard InChI is InChI=1S/C15H24N2O3/c1-4-5-11(2)20-9-8-15(18)17-13-10-12(16)6-7-14(13)19-3/h6-7,10-11H,4-5,8-9,16H2,1-3H3,(H,17,18). The summed E-state index contributed by atoms with van der Waals surface area (Å²) in [5.41, 5.74) is 6.86. The van der Waals surface area contributed by atoms with Crippen LogP contribution in [0.4, 0.5) is 11.4 Å². The van der Waals surface area contributed by atoms with Crippen molar-refractivity contribution < 1.29 is 14.3 Å². The molecule has 1 amide bonds. The zero-order valence-electron chi connectivity index (χ0n) is 12.4. The van der Waals surface area contributed by atoms with Crippen LogP contribution in [-0.2, 0) is 9.53 Å². The summed E-state index contributed by atoms with van der Waals surface area (Å²) in [7, 11) is 1.55. The third kappa shape index (κ3) is 5.48. The normalized spacial score (nSPS) is 11.9. The second-order valence-corrected chi connectivity index (χ2v) is 4.73. The van der Waals surface area contributed by atoms with E-state index in [2.05, 4.69) is 12.2 Å². The van der Waals surface area contributed by atoms with Gasteiger partial charge in [0.05, 0.1) is 31.9 Å². The average Bonchev–Trinajstić information content (AvgIpc) is 2.39. The van der Waals surface area contributed by atoms with Gasteiger partial charge in [0, 0.05) is 5.69 Å². The van der Waals surface area contributed by atoms with E-state index >= 15 is 0 Å². The number of rotatable bonds is 8. The minimum atomic E-state index is -0.113. The molecule has 0 aliphatic carbocycles. The van der Waals surface area contributed by atoms with Crippen molar-refractivity contribution in [3.05, 3.63) is 18.2 Å². The molecule has 0 saturated carbocycles. The van der Waals surface area contributed by atoms with Crippen molar-refractivity contribution in [3.8, 4) is 5.75 Å². The highest BCUT2D eigenvalue weighted by atomic mass is 16.5. The Balaban J connectivity index is 2.44. The highest BCUT2D eigenvalue weighted by Gasteiger charge is 2.09. The molecule has 0 fully saturated rings. The summed E-state index contributed by atoms with van der Waals surface area (Å²) in [6.45, 7) is 4.54. The van der Waals surface area contributed by atoms with Crippen LogP contribution >= 0.6 is 0 Å². The molecule has 3 N–H and O–H groups in total. The van der Waals surface area contributed by atoms with Gasteiger partial charge in [-0.25, -0.2) is 0 Å². The van der Waals surface area contributed by atoms with E-state index in [0.29, 0.717) is 30.2 Å². The largest absolute Gasteiger partial charge is 0.495 e. The van der Waals surface area contributed by atoms with E-state index in [0.717, 1.165) is 12.8 Å². The van der Waals surface area contributed by atoms with Gasteiger partial charge in [-0.1, -0.05) is 13.3 Å². The first-order valence-corrected chi connectivity index (χ1v) is 6.91. The number of nitrogens with one attached hydrogen (secondary N) is 1. The van der Waals surface area contributed by atoms with E-state index < -0.39 is 0 Å². The molecule has 1 atom stereocenters. The quantitative estimate of drug-likeness (QED) is 0.718. The lowest BCUT2D eigenvalue weighted by Gasteiger charge is -2.13. The Morgan fingerprint density at radius 2 is 2.20 bits per heavy atom. The number of amides is 1. The molecule has 0 heterocycles. The molecule has 5 heteroatoms. The van der Waals surface area contributed by atoms with Crippen molar-refractivity contribution >= 4 is 17.3 Å². The molecule has 1 aromatic carbocycles. The van der Waals surface area contributed by atoms with Crippen LogP contribution in [0.2, 0.25) is 0 Å². The number of anilines is 2. The van der Waals surface area contributed by atoms with Gasteiger partial charge in [0.15, 0.2) is 0 Å². The smallest absolute Gasteiger partial charge is 0.226 e. The Morgan fingerprint density at radius 1 is 1.45 bits per heavy atom. The molecule has 5 nitrogen and oxygen atoms in total. The number of hydrogen-bond donors (Lipinski definition) is 2. The predicted octanol–water partition coefficient (Wildman–Crippen LogP) is 2.81. The van der Waals surface area contributed by atoms with E-state index in [1.165, 1.54) is 0 Å². The SMILES string of the molecule is CCCC(C)OCCC(=O)Nc1cc(N)ccc1OC. The third-order valence-corrected chi connectivity index (χ3v) is 2.92. The van der Waals surface area contributed by atoms with Crippen molar-refractivity contribution in [1.82, 2.24) is 0 Å². The maximum absolute atomic E-state index is 11.8. The number of hydrogen-bond acceptors (Lipinski definition) is 4. The fraction of sp³-hybridized carbons (Fsp3) is 0.533. The predicted molar refractivity (Wildman–Crippen MR) is 81.0 cm³/mol. The topological polar surface area (TPSA) is 73.6 Å². The van der Waals surface area contributed by atoms with E-state index in [4.69, 9.17) is 15.2 Å².